The molecular weight excluding hydrogens is 452 g/mol. The van der Waals surface area contributed by atoms with E-state index in [0.29, 0.717) is 17.4 Å². The molecule has 34 heavy (non-hydrogen) atoms. The molecule has 190 valence electrons. The molecule has 1 aliphatic heterocycles. The molecule has 1 heterocycles. The van der Waals surface area contributed by atoms with E-state index in [-0.39, 0.29) is 17.8 Å². The first-order chi connectivity index (χ1) is 16.3. The van der Waals surface area contributed by atoms with Gasteiger partial charge >= 0.3 is 6.09 Å². The Morgan fingerprint density at radius 3 is 2.26 bits per heavy atom. The maximum absolute atomic E-state index is 13.0. The summed E-state index contributed by atoms with van der Waals surface area (Å²) < 4.78 is 5.31. The van der Waals surface area contributed by atoms with Gasteiger partial charge in [-0.05, 0) is 58.6 Å². The molecule has 2 amide bonds. The van der Waals surface area contributed by atoms with Gasteiger partial charge in [-0.3, -0.25) is 10.2 Å². The minimum absolute atomic E-state index is 0.0699. The normalized spacial score (nSPS) is 19.1. The zero-order chi connectivity index (χ0) is 24.6. The Morgan fingerprint density at radius 2 is 1.65 bits per heavy atom. The lowest BCUT2D eigenvalue weighted by molar-refractivity contribution is -0.117. The van der Waals surface area contributed by atoms with Crippen molar-refractivity contribution in [2.75, 3.05) is 29.3 Å². The number of piperidine rings is 1. The number of carbonyl (C=O) groups excluding carboxylic acids is 2. The number of rotatable bonds is 6. The number of carbonyl (C=O) groups is 2. The zero-order valence-corrected chi connectivity index (χ0v) is 21.7. The van der Waals surface area contributed by atoms with E-state index < -0.39 is 11.7 Å². The summed E-state index contributed by atoms with van der Waals surface area (Å²) in [5.41, 5.74) is 6.27. The van der Waals surface area contributed by atoms with Gasteiger partial charge in [-0.1, -0.05) is 44.2 Å². The number of hydrogen-bond acceptors (Lipinski definition) is 5. The predicted molar refractivity (Wildman–Crippen MR) is 138 cm³/mol. The molecule has 1 saturated heterocycles. The summed E-state index contributed by atoms with van der Waals surface area (Å²) in [6, 6.07) is 8.23. The standard InChI is InChI=1S/C26H41ClN4O3/c1-26(2,3)34-25(33)29-28-22-13-9-10-14-23(22)31(24(32)19-27)21-15-17-30(18-16-21)20-11-7-5-4-6-8-12-20/h9-10,13-14,20-21,28H,4-8,11-12,15-19H2,1-3H3,(H,29,33). The monoisotopic (exact) mass is 492 g/mol. The van der Waals surface area contributed by atoms with Gasteiger partial charge in [0.2, 0.25) is 5.91 Å². The number of halogens is 1. The van der Waals surface area contributed by atoms with Gasteiger partial charge in [-0.2, -0.15) is 0 Å². The minimum Gasteiger partial charge on any atom is -0.443 e. The van der Waals surface area contributed by atoms with E-state index in [9.17, 15) is 9.59 Å². The van der Waals surface area contributed by atoms with Crippen LogP contribution in [-0.2, 0) is 9.53 Å². The highest BCUT2D eigenvalue weighted by Gasteiger charge is 2.32. The van der Waals surface area contributed by atoms with Crippen molar-refractivity contribution in [1.82, 2.24) is 10.3 Å². The second-order valence-corrected chi connectivity index (χ2v) is 10.7. The molecule has 3 rings (SSSR count). The van der Waals surface area contributed by atoms with E-state index in [1.807, 2.05) is 49.9 Å². The highest BCUT2D eigenvalue weighted by Crippen LogP contribution is 2.32. The van der Waals surface area contributed by atoms with Gasteiger partial charge in [0, 0.05) is 25.2 Å². The lowest BCUT2D eigenvalue weighted by Crippen LogP contribution is -2.50. The molecule has 2 fully saturated rings. The van der Waals surface area contributed by atoms with Crippen LogP contribution in [0.5, 0.6) is 0 Å². The number of anilines is 2. The van der Waals surface area contributed by atoms with Gasteiger partial charge < -0.3 is 14.5 Å². The Kier molecular flexibility index (Phi) is 9.89. The van der Waals surface area contributed by atoms with Gasteiger partial charge in [-0.25, -0.2) is 10.2 Å². The maximum Gasteiger partial charge on any atom is 0.426 e. The highest BCUT2D eigenvalue weighted by molar-refractivity contribution is 6.29. The Balaban J connectivity index is 1.68. The molecule has 7 nitrogen and oxygen atoms in total. The fourth-order valence-electron chi connectivity index (χ4n) is 5.12. The van der Waals surface area contributed by atoms with Gasteiger partial charge in [0.1, 0.15) is 11.5 Å². The maximum atomic E-state index is 13.0. The molecule has 0 spiro atoms. The third-order valence-electron chi connectivity index (χ3n) is 6.70. The lowest BCUT2D eigenvalue weighted by atomic mass is 9.93. The topological polar surface area (TPSA) is 73.9 Å². The van der Waals surface area contributed by atoms with Crippen LogP contribution in [0, 0.1) is 0 Å². The summed E-state index contributed by atoms with van der Waals surface area (Å²) in [4.78, 5) is 29.6. The number of amides is 2. The largest absolute Gasteiger partial charge is 0.443 e. The molecule has 1 aromatic rings. The summed E-state index contributed by atoms with van der Waals surface area (Å²) in [6.45, 7) is 7.42. The minimum atomic E-state index is -0.601. The molecule has 1 aliphatic carbocycles. The molecular formula is C26H41ClN4O3. The van der Waals surface area contributed by atoms with Crippen molar-refractivity contribution >= 4 is 35.0 Å². The molecule has 8 heteroatoms. The molecule has 0 bridgehead atoms. The summed E-state index contributed by atoms with van der Waals surface area (Å²) in [6.07, 6.45) is 10.6. The fourth-order valence-corrected chi connectivity index (χ4v) is 5.25. The quantitative estimate of drug-likeness (QED) is 0.394. The molecule has 1 aromatic carbocycles. The summed E-state index contributed by atoms with van der Waals surface area (Å²) >= 11 is 6.04. The number of benzene rings is 1. The molecule has 1 saturated carbocycles. The van der Waals surface area contributed by atoms with E-state index in [4.69, 9.17) is 16.3 Å². The third-order valence-corrected chi connectivity index (χ3v) is 6.93. The zero-order valence-electron chi connectivity index (χ0n) is 20.9. The van der Waals surface area contributed by atoms with E-state index in [1.54, 1.807) is 0 Å². The Bertz CT molecular complexity index is 797. The second kappa shape index (κ2) is 12.6. The van der Waals surface area contributed by atoms with Crippen molar-refractivity contribution in [1.29, 1.82) is 0 Å². The molecule has 0 unspecified atom stereocenters. The second-order valence-electron chi connectivity index (χ2n) is 10.4. The lowest BCUT2D eigenvalue weighted by Gasteiger charge is -2.42. The smallest absolute Gasteiger partial charge is 0.426 e. The molecule has 2 aliphatic rings. The Labute approximate surface area is 209 Å². The van der Waals surface area contributed by atoms with Crippen molar-refractivity contribution in [3.8, 4) is 0 Å². The van der Waals surface area contributed by atoms with E-state index in [1.165, 1.54) is 44.9 Å². The number of likely N-dealkylation sites (tertiary alicyclic amines) is 1. The number of nitrogens with zero attached hydrogens (tertiary/aromatic N) is 2. The molecule has 2 N–H and O–H groups in total. The number of para-hydroxylation sites is 2. The van der Waals surface area contributed by atoms with Crippen LogP contribution in [-0.4, -0.2) is 53.6 Å². The number of ether oxygens (including phenoxy) is 1. The van der Waals surface area contributed by atoms with Crippen molar-refractivity contribution < 1.29 is 14.3 Å². The average molecular weight is 493 g/mol. The number of nitrogens with one attached hydrogen (secondary N) is 2. The first-order valence-electron chi connectivity index (χ1n) is 12.7. The summed E-state index contributed by atoms with van der Waals surface area (Å²) in [5, 5.41) is 0. The van der Waals surface area contributed by atoms with Crippen molar-refractivity contribution in [2.24, 2.45) is 0 Å². The van der Waals surface area contributed by atoms with E-state index in [2.05, 4.69) is 15.8 Å². The Morgan fingerprint density at radius 1 is 1.03 bits per heavy atom. The first-order valence-corrected chi connectivity index (χ1v) is 13.3. The van der Waals surface area contributed by atoms with Crippen LogP contribution in [0.3, 0.4) is 0 Å². The van der Waals surface area contributed by atoms with Gasteiger partial charge in [0.15, 0.2) is 0 Å². The van der Waals surface area contributed by atoms with Crippen LogP contribution >= 0.6 is 11.6 Å². The third kappa shape index (κ3) is 7.77. The van der Waals surface area contributed by atoms with Crippen LogP contribution in [0.15, 0.2) is 24.3 Å². The number of hydrazine groups is 1. The van der Waals surface area contributed by atoms with Crippen molar-refractivity contribution in [3.63, 3.8) is 0 Å². The Hall–Kier alpha value is -1.99. The van der Waals surface area contributed by atoms with Crippen LogP contribution in [0.1, 0.15) is 78.6 Å². The molecule has 0 radical (unpaired) electrons. The molecule has 0 aromatic heterocycles. The van der Waals surface area contributed by atoms with Gasteiger partial charge in [0.25, 0.3) is 0 Å². The summed E-state index contributed by atoms with van der Waals surface area (Å²) in [5.74, 6) is -0.214. The van der Waals surface area contributed by atoms with E-state index in [0.717, 1.165) is 25.9 Å². The van der Waals surface area contributed by atoms with Crippen molar-refractivity contribution in [2.45, 2.75) is 96.2 Å². The van der Waals surface area contributed by atoms with Crippen LogP contribution < -0.4 is 15.8 Å². The van der Waals surface area contributed by atoms with E-state index >= 15 is 0 Å². The average Bonchev–Trinajstić information content (AvgIpc) is 2.78. The van der Waals surface area contributed by atoms with Gasteiger partial charge in [0.05, 0.1) is 11.4 Å². The van der Waals surface area contributed by atoms with Crippen molar-refractivity contribution in [3.05, 3.63) is 24.3 Å². The number of alkyl halides is 1. The molecule has 0 atom stereocenters. The van der Waals surface area contributed by atoms with Crippen LogP contribution in [0.4, 0.5) is 16.2 Å². The fraction of sp³-hybridized carbons (Fsp3) is 0.692. The predicted octanol–water partition coefficient (Wildman–Crippen LogP) is 5.69. The highest BCUT2D eigenvalue weighted by atomic mass is 35.5. The SMILES string of the molecule is CC(C)(C)OC(=O)NNc1ccccc1N(C(=O)CCl)C1CCN(C2CCCCCCC2)CC1. The van der Waals surface area contributed by atoms with Crippen LogP contribution in [0.2, 0.25) is 0 Å². The first kappa shape index (κ1) is 26.6. The summed E-state index contributed by atoms with van der Waals surface area (Å²) in [7, 11) is 0. The number of hydrogen-bond donors (Lipinski definition) is 2. The van der Waals surface area contributed by atoms with Crippen LogP contribution in [0.25, 0.3) is 0 Å². The van der Waals surface area contributed by atoms with Gasteiger partial charge in [-0.15, -0.1) is 11.6 Å².